The van der Waals surface area contributed by atoms with E-state index in [9.17, 15) is 14.3 Å². The van der Waals surface area contributed by atoms with Crippen molar-refractivity contribution < 1.29 is 14.3 Å². The molecule has 0 bridgehead atoms. The van der Waals surface area contributed by atoms with E-state index in [0.717, 1.165) is 10.9 Å². The Bertz CT molecular complexity index is 438. The molecular formula is C14H17BrFNO2. The van der Waals surface area contributed by atoms with Crippen LogP contribution in [0.4, 0.5) is 4.39 Å². The van der Waals surface area contributed by atoms with Gasteiger partial charge in [0.1, 0.15) is 5.82 Å². The van der Waals surface area contributed by atoms with Crippen molar-refractivity contribution in [3.63, 3.8) is 0 Å². The molecule has 2 rings (SSSR count). The molecule has 0 saturated carbocycles. The first-order valence-corrected chi connectivity index (χ1v) is 7.49. The number of carbonyl (C=O) groups excluding carboxylic acids is 1. The Morgan fingerprint density at radius 1 is 1.42 bits per heavy atom. The summed E-state index contributed by atoms with van der Waals surface area (Å²) in [7, 11) is 0. The second kappa shape index (κ2) is 6.48. The summed E-state index contributed by atoms with van der Waals surface area (Å²) in [6.45, 7) is 0.691. The van der Waals surface area contributed by atoms with Crippen LogP contribution in [0.15, 0.2) is 24.3 Å². The minimum Gasteiger partial charge on any atom is -0.396 e. The van der Waals surface area contributed by atoms with E-state index in [2.05, 4.69) is 15.9 Å². The van der Waals surface area contributed by atoms with E-state index in [1.165, 1.54) is 12.1 Å². The van der Waals surface area contributed by atoms with Crippen molar-refractivity contribution >= 4 is 21.8 Å². The van der Waals surface area contributed by atoms with Crippen LogP contribution in [0.1, 0.15) is 24.4 Å². The standard InChI is InChI=1S/C14H17BrFNO2/c15-8-10-7-14(19)17(9-10)13(5-6-18)11-1-3-12(16)4-2-11/h1-4,10,13,18H,5-9H2. The first kappa shape index (κ1) is 14.5. The zero-order chi connectivity index (χ0) is 13.8. The summed E-state index contributed by atoms with van der Waals surface area (Å²) in [5, 5.41) is 10.00. The molecule has 1 N–H and O–H groups in total. The molecular weight excluding hydrogens is 313 g/mol. The number of hydrogen-bond donors (Lipinski definition) is 1. The lowest BCUT2D eigenvalue weighted by Crippen LogP contribution is -2.31. The molecule has 1 heterocycles. The average Bonchev–Trinajstić information content (AvgIpc) is 2.78. The molecule has 2 unspecified atom stereocenters. The summed E-state index contributed by atoms with van der Waals surface area (Å²) < 4.78 is 13.0. The highest BCUT2D eigenvalue weighted by Gasteiger charge is 2.34. The molecule has 0 aromatic heterocycles. The summed E-state index contributed by atoms with van der Waals surface area (Å²) in [6.07, 6.45) is 1.01. The number of alkyl halides is 1. The van der Waals surface area contributed by atoms with Gasteiger partial charge in [-0.05, 0) is 30.0 Å². The molecule has 5 heteroatoms. The predicted octanol–water partition coefficient (Wildman–Crippen LogP) is 2.49. The fourth-order valence-electron chi connectivity index (χ4n) is 2.52. The van der Waals surface area contributed by atoms with Crippen molar-refractivity contribution in [2.45, 2.75) is 18.9 Å². The van der Waals surface area contributed by atoms with Crippen LogP contribution < -0.4 is 0 Å². The van der Waals surface area contributed by atoms with Gasteiger partial charge in [0.25, 0.3) is 0 Å². The second-order valence-electron chi connectivity index (χ2n) is 4.85. The smallest absolute Gasteiger partial charge is 0.223 e. The van der Waals surface area contributed by atoms with Gasteiger partial charge in [0, 0.05) is 24.9 Å². The van der Waals surface area contributed by atoms with E-state index in [1.54, 1.807) is 17.0 Å². The fourth-order valence-corrected chi connectivity index (χ4v) is 2.96. The topological polar surface area (TPSA) is 40.5 Å². The van der Waals surface area contributed by atoms with E-state index in [0.29, 0.717) is 25.3 Å². The Hall–Kier alpha value is -0.940. The highest BCUT2D eigenvalue weighted by molar-refractivity contribution is 9.09. The monoisotopic (exact) mass is 329 g/mol. The van der Waals surface area contributed by atoms with Crippen molar-refractivity contribution in [2.75, 3.05) is 18.5 Å². The molecule has 104 valence electrons. The number of halogens is 2. The predicted molar refractivity (Wildman–Crippen MR) is 74.5 cm³/mol. The van der Waals surface area contributed by atoms with Crippen molar-refractivity contribution in [1.82, 2.24) is 4.90 Å². The molecule has 1 fully saturated rings. The van der Waals surface area contributed by atoms with E-state index >= 15 is 0 Å². The molecule has 0 spiro atoms. The van der Waals surface area contributed by atoms with Crippen LogP contribution in [0.2, 0.25) is 0 Å². The third kappa shape index (κ3) is 3.34. The number of amides is 1. The van der Waals surface area contributed by atoms with Crippen LogP contribution in [0.25, 0.3) is 0 Å². The Kier molecular flexibility index (Phi) is 4.93. The number of hydrogen-bond acceptors (Lipinski definition) is 2. The van der Waals surface area contributed by atoms with Crippen molar-refractivity contribution in [1.29, 1.82) is 0 Å². The van der Waals surface area contributed by atoms with Gasteiger partial charge in [-0.25, -0.2) is 4.39 Å². The summed E-state index contributed by atoms with van der Waals surface area (Å²) >= 11 is 3.41. The summed E-state index contributed by atoms with van der Waals surface area (Å²) in [4.78, 5) is 13.9. The van der Waals surface area contributed by atoms with Crippen LogP contribution >= 0.6 is 15.9 Å². The zero-order valence-corrected chi connectivity index (χ0v) is 12.1. The van der Waals surface area contributed by atoms with Gasteiger partial charge in [0.2, 0.25) is 5.91 Å². The Morgan fingerprint density at radius 2 is 2.11 bits per heavy atom. The quantitative estimate of drug-likeness (QED) is 0.843. The molecule has 3 nitrogen and oxygen atoms in total. The second-order valence-corrected chi connectivity index (χ2v) is 5.50. The van der Waals surface area contributed by atoms with Gasteiger partial charge in [-0.3, -0.25) is 4.79 Å². The number of benzene rings is 1. The summed E-state index contributed by atoms with van der Waals surface area (Å²) in [5.74, 6) is 0.124. The Labute approximate surface area is 120 Å². The van der Waals surface area contributed by atoms with Crippen LogP contribution in [0.5, 0.6) is 0 Å². The van der Waals surface area contributed by atoms with Crippen molar-refractivity contribution in [3.05, 3.63) is 35.6 Å². The maximum atomic E-state index is 13.0. The Morgan fingerprint density at radius 3 is 2.63 bits per heavy atom. The molecule has 1 amide bonds. The molecule has 2 atom stereocenters. The fraction of sp³-hybridized carbons (Fsp3) is 0.500. The number of nitrogens with zero attached hydrogens (tertiary/aromatic N) is 1. The number of likely N-dealkylation sites (tertiary alicyclic amines) is 1. The summed E-state index contributed by atoms with van der Waals surface area (Å²) in [5.41, 5.74) is 0.874. The number of aliphatic hydroxyl groups excluding tert-OH is 1. The Balaban J connectivity index is 2.20. The van der Waals surface area contributed by atoms with E-state index in [-0.39, 0.29) is 24.4 Å². The van der Waals surface area contributed by atoms with Gasteiger partial charge >= 0.3 is 0 Å². The average molecular weight is 330 g/mol. The lowest BCUT2D eigenvalue weighted by Gasteiger charge is -2.28. The molecule has 0 aliphatic carbocycles. The molecule has 1 aliphatic rings. The number of carbonyl (C=O) groups is 1. The molecule has 19 heavy (non-hydrogen) atoms. The van der Waals surface area contributed by atoms with Gasteiger partial charge in [-0.15, -0.1) is 0 Å². The van der Waals surface area contributed by atoms with Crippen LogP contribution in [0, 0.1) is 11.7 Å². The molecule has 1 aromatic carbocycles. The normalized spacial score (nSPS) is 20.9. The van der Waals surface area contributed by atoms with Gasteiger partial charge in [-0.2, -0.15) is 0 Å². The van der Waals surface area contributed by atoms with Gasteiger partial charge in [0.05, 0.1) is 6.04 Å². The van der Waals surface area contributed by atoms with Gasteiger partial charge in [0.15, 0.2) is 0 Å². The zero-order valence-electron chi connectivity index (χ0n) is 10.6. The first-order valence-electron chi connectivity index (χ1n) is 6.37. The largest absolute Gasteiger partial charge is 0.396 e. The van der Waals surface area contributed by atoms with Crippen molar-refractivity contribution in [3.8, 4) is 0 Å². The van der Waals surface area contributed by atoms with E-state index in [1.807, 2.05) is 0 Å². The molecule has 1 aliphatic heterocycles. The SMILES string of the molecule is O=C1CC(CBr)CN1C(CCO)c1ccc(F)cc1. The molecule has 1 aromatic rings. The third-order valence-electron chi connectivity index (χ3n) is 3.49. The van der Waals surface area contributed by atoms with Crippen LogP contribution in [-0.4, -0.2) is 34.4 Å². The van der Waals surface area contributed by atoms with Gasteiger partial charge < -0.3 is 10.0 Å². The third-order valence-corrected chi connectivity index (χ3v) is 4.41. The number of rotatable bonds is 5. The van der Waals surface area contributed by atoms with Gasteiger partial charge in [-0.1, -0.05) is 28.1 Å². The van der Waals surface area contributed by atoms with Crippen LogP contribution in [0.3, 0.4) is 0 Å². The lowest BCUT2D eigenvalue weighted by atomic mass is 10.0. The van der Waals surface area contributed by atoms with Crippen molar-refractivity contribution in [2.24, 2.45) is 5.92 Å². The minimum absolute atomic E-state index is 0.00476. The maximum Gasteiger partial charge on any atom is 0.223 e. The molecule has 0 radical (unpaired) electrons. The minimum atomic E-state index is -0.294. The highest BCUT2D eigenvalue weighted by Crippen LogP contribution is 2.31. The van der Waals surface area contributed by atoms with E-state index < -0.39 is 0 Å². The maximum absolute atomic E-state index is 13.0. The molecule has 1 saturated heterocycles. The van der Waals surface area contributed by atoms with Crippen LogP contribution in [-0.2, 0) is 4.79 Å². The number of aliphatic hydroxyl groups is 1. The first-order chi connectivity index (χ1) is 9.15. The lowest BCUT2D eigenvalue weighted by molar-refractivity contribution is -0.130. The summed E-state index contributed by atoms with van der Waals surface area (Å²) in [6, 6.07) is 5.99. The van der Waals surface area contributed by atoms with E-state index in [4.69, 9.17) is 0 Å². The highest BCUT2D eigenvalue weighted by atomic mass is 79.9.